The second kappa shape index (κ2) is 8.49. The van der Waals surface area contributed by atoms with E-state index in [0.29, 0.717) is 6.04 Å². The maximum Gasteiger partial charge on any atom is 0.490 e. The van der Waals surface area contributed by atoms with E-state index in [1.165, 1.54) is 6.42 Å². The lowest BCUT2D eigenvalue weighted by Crippen LogP contribution is -2.43. The molecule has 2 N–H and O–H groups in total. The third-order valence-electron chi connectivity index (χ3n) is 2.58. The highest BCUT2D eigenvalue weighted by molar-refractivity contribution is 7.63. The second-order valence-corrected chi connectivity index (χ2v) is 5.13. The first-order valence-corrected chi connectivity index (χ1v) is 6.55. The molecule has 0 spiro atoms. The molecule has 1 fully saturated rings. The molecule has 5 nitrogen and oxygen atoms in total. The molecule has 114 valence electrons. The van der Waals surface area contributed by atoms with Crippen molar-refractivity contribution in [3.05, 3.63) is 0 Å². The number of nitrogens with zero attached hydrogens (tertiary/aromatic N) is 1. The summed E-state index contributed by atoms with van der Waals surface area (Å²) >= 11 is 0.167. The average Bonchev–Trinajstić information content (AvgIpc) is 2.20. The number of halogens is 3. The number of carboxylic acids is 1. The number of carbonyl (C=O) groups is 1. The predicted molar refractivity (Wildman–Crippen MR) is 66.0 cm³/mol. The van der Waals surface area contributed by atoms with Crippen LogP contribution in [0.2, 0.25) is 0 Å². The van der Waals surface area contributed by atoms with Crippen molar-refractivity contribution in [2.45, 2.75) is 32.5 Å². The van der Waals surface area contributed by atoms with Crippen molar-refractivity contribution >= 4 is 17.8 Å². The molecule has 0 amide bonds. The first kappa shape index (κ1) is 18.3. The smallest absolute Gasteiger partial charge is 0.475 e. The van der Waals surface area contributed by atoms with Gasteiger partial charge >= 0.3 is 12.1 Å². The Morgan fingerprint density at radius 3 is 2.16 bits per heavy atom. The maximum absolute atomic E-state index is 10.7. The summed E-state index contributed by atoms with van der Waals surface area (Å²) in [5.74, 6) is -1.94. The number of rotatable bonds is 5. The molecule has 0 aliphatic carbocycles. The number of hydrogen-bond donors (Lipinski definition) is 3. The number of nitrogens with one attached hydrogen (secondary N) is 1. The van der Waals surface area contributed by atoms with Gasteiger partial charge in [0.15, 0.2) is 0 Å². The fourth-order valence-corrected chi connectivity index (χ4v) is 1.65. The third kappa shape index (κ3) is 8.17. The SMILES string of the molecule is CC(C)N(CCC1CNC1)[SH]=O.O=C(O)C(F)(F)F. The summed E-state index contributed by atoms with van der Waals surface area (Å²) in [6, 6.07) is 0.386. The van der Waals surface area contributed by atoms with Gasteiger partial charge in [0.05, 0.1) is 11.9 Å². The first-order valence-electron chi connectivity index (χ1n) is 5.79. The number of alkyl halides is 3. The van der Waals surface area contributed by atoms with Gasteiger partial charge in [-0.3, -0.25) is 0 Å². The molecule has 0 aromatic heterocycles. The van der Waals surface area contributed by atoms with E-state index in [9.17, 15) is 17.4 Å². The number of aliphatic carboxylic acids is 1. The Balaban J connectivity index is 0.000000399. The van der Waals surface area contributed by atoms with Crippen LogP contribution in [0.25, 0.3) is 0 Å². The zero-order chi connectivity index (χ0) is 15.1. The number of thiol groups is 1. The van der Waals surface area contributed by atoms with Gasteiger partial charge in [-0.2, -0.15) is 13.2 Å². The molecule has 19 heavy (non-hydrogen) atoms. The van der Waals surface area contributed by atoms with E-state index in [1.807, 2.05) is 4.31 Å². The van der Waals surface area contributed by atoms with Gasteiger partial charge < -0.3 is 10.4 Å². The summed E-state index contributed by atoms with van der Waals surface area (Å²) in [6.07, 6.45) is -3.92. The highest BCUT2D eigenvalue weighted by Gasteiger charge is 2.38. The monoisotopic (exact) mass is 304 g/mol. The van der Waals surface area contributed by atoms with E-state index in [-0.39, 0.29) is 11.9 Å². The second-order valence-electron chi connectivity index (χ2n) is 4.45. The zero-order valence-corrected chi connectivity index (χ0v) is 11.7. The molecule has 0 radical (unpaired) electrons. The summed E-state index contributed by atoms with van der Waals surface area (Å²) in [4.78, 5) is 8.90. The topological polar surface area (TPSA) is 69.6 Å². The lowest BCUT2D eigenvalue weighted by molar-refractivity contribution is -0.192. The summed E-state index contributed by atoms with van der Waals surface area (Å²) in [5.41, 5.74) is 0. The Kier molecular flexibility index (Phi) is 8.19. The van der Waals surface area contributed by atoms with Gasteiger partial charge in [-0.15, -0.1) is 0 Å². The lowest BCUT2D eigenvalue weighted by Gasteiger charge is -2.29. The molecule has 0 unspecified atom stereocenters. The fourth-order valence-electron chi connectivity index (χ4n) is 1.26. The zero-order valence-electron chi connectivity index (χ0n) is 10.8. The molecule has 0 aromatic rings. The normalized spacial score (nSPS) is 15.9. The van der Waals surface area contributed by atoms with Crippen molar-refractivity contribution in [1.82, 2.24) is 9.62 Å². The molecule has 1 rings (SSSR count). The predicted octanol–water partition coefficient (Wildman–Crippen LogP) is 0.800. The number of hydrogen-bond acceptors (Lipinski definition) is 3. The highest BCUT2D eigenvalue weighted by Crippen LogP contribution is 2.13. The van der Waals surface area contributed by atoms with Crippen LogP contribution in [0, 0.1) is 5.92 Å². The quantitative estimate of drug-likeness (QED) is 0.657. The molecule has 1 aliphatic heterocycles. The standard InChI is InChI=1S/C8H18N2OS.C2HF3O2/c1-7(2)10(12-11)4-3-8-5-9-6-8;3-2(4,5)1(6)7/h7-9,12H,3-6H2,1-2H3;(H,6,7). The van der Waals surface area contributed by atoms with E-state index >= 15 is 0 Å². The molecule has 1 aliphatic rings. The van der Waals surface area contributed by atoms with E-state index in [2.05, 4.69) is 19.2 Å². The van der Waals surface area contributed by atoms with Gasteiger partial charge in [-0.25, -0.2) is 13.3 Å². The van der Waals surface area contributed by atoms with Crippen molar-refractivity contribution in [2.75, 3.05) is 19.6 Å². The number of carboxylic acid groups (broad SMARTS) is 1. The van der Waals surface area contributed by atoms with Crippen LogP contribution in [0.4, 0.5) is 13.2 Å². The van der Waals surface area contributed by atoms with Crippen LogP contribution in [0.15, 0.2) is 0 Å². The van der Waals surface area contributed by atoms with Crippen molar-refractivity contribution in [3.8, 4) is 0 Å². The lowest BCUT2D eigenvalue weighted by atomic mass is 9.99. The molecular formula is C10H19F3N2O3S. The van der Waals surface area contributed by atoms with E-state index in [4.69, 9.17) is 9.90 Å². The Labute approximate surface area is 113 Å². The maximum atomic E-state index is 10.7. The Morgan fingerprint density at radius 1 is 1.47 bits per heavy atom. The highest BCUT2D eigenvalue weighted by atomic mass is 32.2. The summed E-state index contributed by atoms with van der Waals surface area (Å²) in [5, 5.41) is 10.4. The molecule has 9 heteroatoms. The van der Waals surface area contributed by atoms with E-state index in [0.717, 1.165) is 25.6 Å². The van der Waals surface area contributed by atoms with Gasteiger partial charge in [-0.05, 0) is 39.3 Å². The van der Waals surface area contributed by atoms with Crippen LogP contribution in [-0.2, 0) is 16.6 Å². The van der Waals surface area contributed by atoms with Crippen LogP contribution in [0.3, 0.4) is 0 Å². The van der Waals surface area contributed by atoms with E-state index in [1.54, 1.807) is 0 Å². The molecule has 0 atom stereocenters. The molecule has 1 saturated heterocycles. The van der Waals surface area contributed by atoms with Crippen molar-refractivity contribution in [2.24, 2.45) is 5.92 Å². The minimum absolute atomic E-state index is 0.167. The van der Waals surface area contributed by atoms with Crippen LogP contribution in [-0.4, -0.2) is 51.4 Å². The van der Waals surface area contributed by atoms with Gasteiger partial charge in [0, 0.05) is 12.6 Å². The van der Waals surface area contributed by atoms with Crippen LogP contribution in [0.5, 0.6) is 0 Å². The Bertz CT molecular complexity index is 296. The summed E-state index contributed by atoms with van der Waals surface area (Å²) in [6.45, 7) is 7.38. The van der Waals surface area contributed by atoms with Gasteiger partial charge in [0.1, 0.15) is 0 Å². The fraction of sp³-hybridized carbons (Fsp3) is 0.900. The minimum Gasteiger partial charge on any atom is -0.475 e. The molecule has 0 aromatic carbocycles. The first-order chi connectivity index (χ1) is 8.68. The average molecular weight is 304 g/mol. The van der Waals surface area contributed by atoms with Crippen LogP contribution >= 0.6 is 0 Å². The van der Waals surface area contributed by atoms with E-state index < -0.39 is 12.1 Å². The van der Waals surface area contributed by atoms with Gasteiger partial charge in [0.25, 0.3) is 0 Å². The molecule has 0 bridgehead atoms. The van der Waals surface area contributed by atoms with Crippen molar-refractivity contribution in [3.63, 3.8) is 0 Å². The van der Waals surface area contributed by atoms with Crippen molar-refractivity contribution in [1.29, 1.82) is 0 Å². The summed E-state index contributed by atoms with van der Waals surface area (Å²) in [7, 11) is 0. The van der Waals surface area contributed by atoms with Gasteiger partial charge in [0.2, 0.25) is 0 Å². The Morgan fingerprint density at radius 2 is 1.95 bits per heavy atom. The largest absolute Gasteiger partial charge is 0.490 e. The van der Waals surface area contributed by atoms with Gasteiger partial charge in [-0.1, -0.05) is 0 Å². The third-order valence-corrected chi connectivity index (χ3v) is 3.45. The summed E-state index contributed by atoms with van der Waals surface area (Å²) < 4.78 is 44.4. The minimum atomic E-state index is -5.08. The molecule has 0 saturated carbocycles. The molecule has 1 heterocycles. The Hall–Kier alpha value is -0.670. The molecular weight excluding hydrogens is 285 g/mol. The van der Waals surface area contributed by atoms with Crippen molar-refractivity contribution < 1.29 is 27.3 Å². The van der Waals surface area contributed by atoms with Crippen LogP contribution < -0.4 is 5.32 Å². The van der Waals surface area contributed by atoms with Crippen LogP contribution in [0.1, 0.15) is 20.3 Å².